The van der Waals surface area contributed by atoms with Gasteiger partial charge in [0.05, 0.1) is 11.6 Å². The Kier molecular flexibility index (Phi) is 3.68. The first-order valence-electron chi connectivity index (χ1n) is 5.50. The van der Waals surface area contributed by atoms with Crippen LogP contribution in [0.25, 0.3) is 10.8 Å². The fraction of sp³-hybridized carbons (Fsp3) is 0.200. The van der Waals surface area contributed by atoms with Crippen molar-refractivity contribution in [2.75, 3.05) is 13.6 Å². The second-order valence-corrected chi connectivity index (χ2v) is 4.51. The maximum absolute atomic E-state index is 6.41. The summed E-state index contributed by atoms with van der Waals surface area (Å²) in [5, 5.41) is 3.09. The third-order valence-corrected chi connectivity index (χ3v) is 3.19. The molecule has 0 spiro atoms. The highest BCUT2D eigenvalue weighted by Gasteiger charge is 2.06. The monoisotopic (exact) mass is 243 g/mol. The fourth-order valence-electron chi connectivity index (χ4n) is 1.90. The van der Waals surface area contributed by atoms with Gasteiger partial charge in [0.15, 0.2) is 0 Å². The molecule has 17 heavy (non-hydrogen) atoms. The van der Waals surface area contributed by atoms with Gasteiger partial charge in [0, 0.05) is 11.9 Å². The highest BCUT2D eigenvalue weighted by Crippen LogP contribution is 2.27. The zero-order chi connectivity index (χ0) is 12.3. The first-order valence-corrected chi connectivity index (χ1v) is 5.88. The standard InChI is InChI=1S/C15H14ClN/c1-3-10-17(2)11-13-9-8-12-6-4-5-7-14(12)15(13)16/h1,4-9H,10-11H2,2H3. The summed E-state index contributed by atoms with van der Waals surface area (Å²) in [6, 6.07) is 12.3. The molecule has 0 aliphatic rings. The lowest BCUT2D eigenvalue weighted by Crippen LogP contribution is -2.17. The minimum Gasteiger partial charge on any atom is -0.291 e. The van der Waals surface area contributed by atoms with E-state index in [1.165, 1.54) is 5.39 Å². The lowest BCUT2D eigenvalue weighted by molar-refractivity contribution is 0.369. The van der Waals surface area contributed by atoms with E-state index in [4.69, 9.17) is 18.0 Å². The van der Waals surface area contributed by atoms with Crippen molar-refractivity contribution in [3.63, 3.8) is 0 Å². The molecule has 0 atom stereocenters. The minimum absolute atomic E-state index is 0.628. The van der Waals surface area contributed by atoms with Crippen molar-refractivity contribution >= 4 is 22.4 Å². The molecule has 0 unspecified atom stereocenters. The van der Waals surface area contributed by atoms with Gasteiger partial charge < -0.3 is 0 Å². The number of hydrogen-bond donors (Lipinski definition) is 0. The lowest BCUT2D eigenvalue weighted by Gasteiger charge is -2.15. The van der Waals surface area contributed by atoms with Gasteiger partial charge in [-0.2, -0.15) is 0 Å². The van der Waals surface area contributed by atoms with Crippen LogP contribution >= 0.6 is 11.6 Å². The Morgan fingerprint density at radius 2 is 2.00 bits per heavy atom. The van der Waals surface area contributed by atoms with Gasteiger partial charge in [0.1, 0.15) is 0 Å². The fourth-order valence-corrected chi connectivity index (χ4v) is 2.20. The Hall–Kier alpha value is -1.49. The molecule has 0 aliphatic heterocycles. The summed E-state index contributed by atoms with van der Waals surface area (Å²) in [5.41, 5.74) is 1.11. The second kappa shape index (κ2) is 5.23. The van der Waals surface area contributed by atoms with E-state index in [9.17, 15) is 0 Å². The van der Waals surface area contributed by atoms with Gasteiger partial charge in [-0.05, 0) is 18.0 Å². The van der Waals surface area contributed by atoms with Gasteiger partial charge in [-0.25, -0.2) is 0 Å². The number of terminal acetylenes is 1. The van der Waals surface area contributed by atoms with Crippen molar-refractivity contribution in [3.8, 4) is 12.3 Å². The zero-order valence-corrected chi connectivity index (χ0v) is 10.5. The molecule has 86 valence electrons. The molecule has 0 fully saturated rings. The van der Waals surface area contributed by atoms with Crippen LogP contribution in [-0.4, -0.2) is 18.5 Å². The van der Waals surface area contributed by atoms with Gasteiger partial charge in [-0.15, -0.1) is 6.42 Å². The Balaban J connectivity index is 2.36. The van der Waals surface area contributed by atoms with E-state index in [2.05, 4.69) is 29.0 Å². The molecule has 0 saturated heterocycles. The third kappa shape index (κ3) is 2.61. The summed E-state index contributed by atoms with van der Waals surface area (Å²) in [6.45, 7) is 1.40. The number of nitrogens with zero attached hydrogens (tertiary/aromatic N) is 1. The van der Waals surface area contributed by atoms with Gasteiger partial charge >= 0.3 is 0 Å². The topological polar surface area (TPSA) is 3.24 Å². The van der Waals surface area contributed by atoms with E-state index in [0.29, 0.717) is 6.54 Å². The van der Waals surface area contributed by atoms with E-state index < -0.39 is 0 Å². The Labute approximate surface area is 107 Å². The normalized spacial score (nSPS) is 10.7. The first kappa shape index (κ1) is 12.0. The predicted octanol–water partition coefficient (Wildman–Crippen LogP) is 3.56. The van der Waals surface area contributed by atoms with Crippen LogP contribution in [0, 0.1) is 12.3 Å². The Morgan fingerprint density at radius 1 is 1.24 bits per heavy atom. The molecule has 0 N–H and O–H groups in total. The molecule has 0 aromatic heterocycles. The first-order chi connectivity index (χ1) is 8.22. The van der Waals surface area contributed by atoms with Crippen molar-refractivity contribution in [2.45, 2.75) is 6.54 Å². The van der Waals surface area contributed by atoms with Crippen LogP contribution in [0.4, 0.5) is 0 Å². The average Bonchev–Trinajstić information content (AvgIpc) is 2.33. The van der Waals surface area contributed by atoms with Crippen molar-refractivity contribution < 1.29 is 0 Å². The average molecular weight is 244 g/mol. The second-order valence-electron chi connectivity index (χ2n) is 4.14. The van der Waals surface area contributed by atoms with Crippen LogP contribution in [0.3, 0.4) is 0 Å². The van der Waals surface area contributed by atoms with E-state index in [1.807, 2.05) is 25.2 Å². The summed E-state index contributed by atoms with van der Waals surface area (Å²) in [6.07, 6.45) is 5.29. The van der Waals surface area contributed by atoms with Crippen LogP contribution < -0.4 is 0 Å². The molecule has 2 aromatic rings. The molecular weight excluding hydrogens is 230 g/mol. The molecule has 2 aromatic carbocycles. The largest absolute Gasteiger partial charge is 0.291 e. The van der Waals surface area contributed by atoms with Crippen molar-refractivity contribution in [1.82, 2.24) is 4.90 Å². The quantitative estimate of drug-likeness (QED) is 0.746. The van der Waals surface area contributed by atoms with Gasteiger partial charge in [0.2, 0.25) is 0 Å². The van der Waals surface area contributed by atoms with Gasteiger partial charge in [-0.3, -0.25) is 4.90 Å². The summed E-state index contributed by atoms with van der Waals surface area (Å²) in [7, 11) is 1.99. The summed E-state index contributed by atoms with van der Waals surface area (Å²) < 4.78 is 0. The minimum atomic E-state index is 0.628. The lowest BCUT2D eigenvalue weighted by atomic mass is 10.1. The van der Waals surface area contributed by atoms with E-state index in [0.717, 1.165) is 22.5 Å². The summed E-state index contributed by atoms with van der Waals surface area (Å²) in [4.78, 5) is 2.07. The van der Waals surface area contributed by atoms with Gasteiger partial charge in [-0.1, -0.05) is 53.9 Å². The summed E-state index contributed by atoms with van der Waals surface area (Å²) in [5.74, 6) is 2.63. The summed E-state index contributed by atoms with van der Waals surface area (Å²) >= 11 is 6.41. The highest BCUT2D eigenvalue weighted by molar-refractivity contribution is 6.36. The number of benzene rings is 2. The van der Waals surface area contributed by atoms with E-state index >= 15 is 0 Å². The van der Waals surface area contributed by atoms with Crippen molar-refractivity contribution in [3.05, 3.63) is 47.0 Å². The molecule has 0 saturated carbocycles. The molecular formula is C15H14ClN. The maximum atomic E-state index is 6.41. The molecule has 0 bridgehead atoms. The van der Waals surface area contributed by atoms with E-state index in [1.54, 1.807) is 0 Å². The van der Waals surface area contributed by atoms with Gasteiger partial charge in [0.25, 0.3) is 0 Å². The SMILES string of the molecule is C#CCN(C)Cc1ccc2ccccc2c1Cl. The zero-order valence-electron chi connectivity index (χ0n) is 9.78. The molecule has 1 nitrogen and oxygen atoms in total. The number of halogens is 1. The molecule has 0 radical (unpaired) electrons. The maximum Gasteiger partial charge on any atom is 0.0599 e. The molecule has 2 heteroatoms. The van der Waals surface area contributed by atoms with Crippen LogP contribution in [0.1, 0.15) is 5.56 Å². The highest BCUT2D eigenvalue weighted by atomic mass is 35.5. The smallest absolute Gasteiger partial charge is 0.0599 e. The van der Waals surface area contributed by atoms with Crippen LogP contribution in [0.2, 0.25) is 5.02 Å². The number of hydrogen-bond acceptors (Lipinski definition) is 1. The molecule has 2 rings (SSSR count). The van der Waals surface area contributed by atoms with Crippen LogP contribution in [0.5, 0.6) is 0 Å². The molecule has 0 amide bonds. The Morgan fingerprint density at radius 3 is 2.76 bits per heavy atom. The van der Waals surface area contributed by atoms with Crippen molar-refractivity contribution in [1.29, 1.82) is 0 Å². The van der Waals surface area contributed by atoms with E-state index in [-0.39, 0.29) is 0 Å². The molecule has 0 aliphatic carbocycles. The number of rotatable bonds is 3. The van der Waals surface area contributed by atoms with Crippen LogP contribution in [0.15, 0.2) is 36.4 Å². The Bertz CT molecular complexity index is 569. The predicted molar refractivity (Wildman–Crippen MR) is 74.1 cm³/mol. The molecule has 0 heterocycles. The van der Waals surface area contributed by atoms with Crippen LogP contribution in [-0.2, 0) is 6.54 Å². The number of fused-ring (bicyclic) bond motifs is 1. The third-order valence-electron chi connectivity index (χ3n) is 2.74. The van der Waals surface area contributed by atoms with Crippen molar-refractivity contribution in [2.24, 2.45) is 0 Å².